The Kier molecular flexibility index (Phi) is 10.7. The van der Waals surface area contributed by atoms with Gasteiger partial charge in [0.1, 0.15) is 18.1 Å². The minimum absolute atomic E-state index is 0.218. The molecule has 0 fully saturated rings. The fourth-order valence-electron chi connectivity index (χ4n) is 3.35. The van der Waals surface area contributed by atoms with E-state index in [1.54, 1.807) is 6.08 Å². The number of ether oxygens (including phenoxy) is 3. The normalized spacial score (nSPS) is 10.9. The number of carbonyl (C=O) groups is 1. The van der Waals surface area contributed by atoms with Crippen LogP contribution in [0.15, 0.2) is 77.7 Å². The molecule has 0 heterocycles. The van der Waals surface area contributed by atoms with E-state index in [0.29, 0.717) is 25.5 Å². The molecule has 0 saturated carbocycles. The molecule has 0 aliphatic carbocycles. The molecule has 0 atom stereocenters. The van der Waals surface area contributed by atoms with Crippen LogP contribution in [0.1, 0.15) is 32.3 Å². The van der Waals surface area contributed by atoms with Crippen LogP contribution in [0, 0.1) is 0 Å². The van der Waals surface area contributed by atoms with Gasteiger partial charge in [0, 0.05) is 28.8 Å². The first-order valence-corrected chi connectivity index (χ1v) is 12.4. The fourth-order valence-corrected chi connectivity index (χ4v) is 3.50. The molecule has 3 aromatic rings. The second-order valence-corrected chi connectivity index (χ2v) is 8.41. The Balaban J connectivity index is 1.66. The van der Waals surface area contributed by atoms with Crippen molar-refractivity contribution < 1.29 is 19.0 Å². The van der Waals surface area contributed by atoms with Crippen LogP contribution in [0.2, 0.25) is 0 Å². The summed E-state index contributed by atoms with van der Waals surface area (Å²) in [5, 5.41) is 2.85. The van der Waals surface area contributed by atoms with Gasteiger partial charge in [0.2, 0.25) is 5.91 Å². The van der Waals surface area contributed by atoms with E-state index in [2.05, 4.69) is 24.9 Å². The van der Waals surface area contributed by atoms with Crippen LogP contribution in [0.4, 0.5) is 5.69 Å². The average Bonchev–Trinajstić information content (AvgIpc) is 2.87. The summed E-state index contributed by atoms with van der Waals surface area (Å²) < 4.78 is 17.1. The van der Waals surface area contributed by atoms with Crippen molar-refractivity contribution in [1.29, 1.82) is 0 Å². The standard InChI is InChI=1S/C29H33NO4S/c1-3-5-18-32-19-20-34-26-12-6-22(7-13-26)23-8-16-28(33-4-2)24(21-23)9-17-29(31)30-25-10-14-27(35)15-11-25/h6-17,21,35H,3-5,18-20H2,1-2H3,(H,30,31)/b17-9+. The molecular weight excluding hydrogens is 458 g/mol. The molecule has 0 aliphatic rings. The summed E-state index contributed by atoms with van der Waals surface area (Å²) in [6.45, 7) is 6.51. The summed E-state index contributed by atoms with van der Waals surface area (Å²) in [5.74, 6) is 1.31. The molecule has 184 valence electrons. The predicted molar refractivity (Wildman–Crippen MR) is 146 cm³/mol. The van der Waals surface area contributed by atoms with E-state index < -0.39 is 0 Å². The minimum Gasteiger partial charge on any atom is -0.493 e. The smallest absolute Gasteiger partial charge is 0.248 e. The lowest BCUT2D eigenvalue weighted by Crippen LogP contribution is -2.07. The number of unbranched alkanes of at least 4 members (excludes halogenated alkanes) is 1. The first-order valence-electron chi connectivity index (χ1n) is 11.9. The quantitative estimate of drug-likeness (QED) is 0.155. The zero-order valence-electron chi connectivity index (χ0n) is 20.3. The molecular formula is C29H33NO4S. The average molecular weight is 492 g/mol. The van der Waals surface area contributed by atoms with Crippen LogP contribution in [-0.2, 0) is 9.53 Å². The SMILES string of the molecule is CCCCOCCOc1ccc(-c2ccc(OCC)c(/C=C/C(=O)Nc3ccc(S)cc3)c2)cc1. The van der Waals surface area contributed by atoms with Gasteiger partial charge in [-0.15, -0.1) is 12.6 Å². The summed E-state index contributed by atoms with van der Waals surface area (Å²) in [7, 11) is 0. The molecule has 0 spiro atoms. The minimum atomic E-state index is -0.218. The molecule has 1 amide bonds. The molecule has 3 rings (SSSR count). The van der Waals surface area contributed by atoms with E-state index in [-0.39, 0.29) is 5.91 Å². The Labute approximate surface area is 213 Å². The highest BCUT2D eigenvalue weighted by atomic mass is 32.1. The van der Waals surface area contributed by atoms with Crippen LogP contribution < -0.4 is 14.8 Å². The zero-order chi connectivity index (χ0) is 24.9. The van der Waals surface area contributed by atoms with Crippen LogP contribution in [0.5, 0.6) is 11.5 Å². The number of rotatable bonds is 13. The summed E-state index contributed by atoms with van der Waals surface area (Å²) in [6, 6.07) is 21.2. The number of amides is 1. The van der Waals surface area contributed by atoms with Crippen molar-refractivity contribution in [1.82, 2.24) is 0 Å². The monoisotopic (exact) mass is 491 g/mol. The molecule has 6 heteroatoms. The molecule has 0 aliphatic heterocycles. The van der Waals surface area contributed by atoms with Crippen LogP contribution in [-0.4, -0.2) is 32.3 Å². The van der Waals surface area contributed by atoms with Crippen LogP contribution >= 0.6 is 12.6 Å². The van der Waals surface area contributed by atoms with Gasteiger partial charge in [-0.2, -0.15) is 0 Å². The molecule has 0 unspecified atom stereocenters. The van der Waals surface area contributed by atoms with Gasteiger partial charge in [-0.25, -0.2) is 0 Å². The Morgan fingerprint density at radius 2 is 1.63 bits per heavy atom. The predicted octanol–water partition coefficient (Wildman–Crippen LogP) is 6.89. The first kappa shape index (κ1) is 26.4. The van der Waals surface area contributed by atoms with E-state index in [1.807, 2.05) is 73.7 Å². The third-order valence-corrected chi connectivity index (χ3v) is 5.48. The van der Waals surface area contributed by atoms with Crippen molar-refractivity contribution in [2.45, 2.75) is 31.6 Å². The first-order chi connectivity index (χ1) is 17.1. The van der Waals surface area contributed by atoms with E-state index in [0.717, 1.165) is 52.5 Å². The van der Waals surface area contributed by atoms with Gasteiger partial charge in [0.25, 0.3) is 0 Å². The lowest BCUT2D eigenvalue weighted by atomic mass is 10.0. The van der Waals surface area contributed by atoms with Crippen molar-refractivity contribution >= 4 is 30.3 Å². The Hall–Kier alpha value is -3.22. The molecule has 1 N–H and O–H groups in total. The summed E-state index contributed by atoms with van der Waals surface area (Å²) in [6.07, 6.45) is 5.48. The Bertz CT molecular complexity index is 1090. The van der Waals surface area contributed by atoms with E-state index >= 15 is 0 Å². The van der Waals surface area contributed by atoms with Gasteiger partial charge < -0.3 is 19.5 Å². The highest BCUT2D eigenvalue weighted by Gasteiger charge is 2.07. The van der Waals surface area contributed by atoms with E-state index in [1.165, 1.54) is 6.08 Å². The lowest BCUT2D eigenvalue weighted by molar-refractivity contribution is -0.111. The van der Waals surface area contributed by atoms with Crippen molar-refractivity contribution in [3.05, 3.63) is 78.4 Å². The molecule has 35 heavy (non-hydrogen) atoms. The highest BCUT2D eigenvalue weighted by Crippen LogP contribution is 2.29. The van der Waals surface area contributed by atoms with Crippen molar-refractivity contribution in [2.75, 3.05) is 31.7 Å². The van der Waals surface area contributed by atoms with Crippen LogP contribution in [0.25, 0.3) is 17.2 Å². The summed E-state index contributed by atoms with van der Waals surface area (Å²) in [4.78, 5) is 13.3. The molecule has 5 nitrogen and oxygen atoms in total. The van der Waals surface area contributed by atoms with Crippen molar-refractivity contribution in [3.8, 4) is 22.6 Å². The maximum atomic E-state index is 12.4. The number of nitrogens with one attached hydrogen (secondary N) is 1. The fraction of sp³-hybridized carbons (Fsp3) is 0.276. The number of hydrogen-bond acceptors (Lipinski definition) is 5. The van der Waals surface area contributed by atoms with Gasteiger partial charge in [0.15, 0.2) is 0 Å². The number of thiol groups is 1. The molecule has 3 aromatic carbocycles. The topological polar surface area (TPSA) is 56.8 Å². The molecule has 0 bridgehead atoms. The van der Waals surface area contributed by atoms with Gasteiger partial charge in [-0.05, 0) is 79.1 Å². The van der Waals surface area contributed by atoms with Crippen molar-refractivity contribution in [2.24, 2.45) is 0 Å². The molecule has 0 radical (unpaired) electrons. The lowest BCUT2D eigenvalue weighted by Gasteiger charge is -2.11. The number of anilines is 1. The van der Waals surface area contributed by atoms with Crippen molar-refractivity contribution in [3.63, 3.8) is 0 Å². The Morgan fingerprint density at radius 3 is 2.34 bits per heavy atom. The van der Waals surface area contributed by atoms with Gasteiger partial charge in [0.05, 0.1) is 13.2 Å². The third kappa shape index (κ3) is 8.81. The van der Waals surface area contributed by atoms with E-state index in [9.17, 15) is 4.79 Å². The number of benzene rings is 3. The Morgan fingerprint density at radius 1 is 0.886 bits per heavy atom. The van der Waals surface area contributed by atoms with Gasteiger partial charge >= 0.3 is 0 Å². The maximum absolute atomic E-state index is 12.4. The number of hydrogen-bond donors (Lipinski definition) is 2. The van der Waals surface area contributed by atoms with E-state index in [4.69, 9.17) is 14.2 Å². The summed E-state index contributed by atoms with van der Waals surface area (Å²) >= 11 is 4.26. The molecule has 0 aromatic heterocycles. The highest BCUT2D eigenvalue weighted by molar-refractivity contribution is 7.80. The second-order valence-electron chi connectivity index (χ2n) is 7.89. The van der Waals surface area contributed by atoms with Gasteiger partial charge in [-0.1, -0.05) is 31.5 Å². The van der Waals surface area contributed by atoms with Gasteiger partial charge in [-0.3, -0.25) is 4.79 Å². The second kappa shape index (κ2) is 14.2. The third-order valence-electron chi connectivity index (χ3n) is 5.19. The molecule has 0 saturated heterocycles. The number of carbonyl (C=O) groups excluding carboxylic acids is 1. The maximum Gasteiger partial charge on any atom is 0.248 e. The largest absolute Gasteiger partial charge is 0.493 e. The summed E-state index contributed by atoms with van der Waals surface area (Å²) in [5.41, 5.74) is 3.61. The van der Waals surface area contributed by atoms with Crippen LogP contribution in [0.3, 0.4) is 0 Å². The zero-order valence-corrected chi connectivity index (χ0v) is 21.2.